The topological polar surface area (TPSA) is 84.7 Å². The van der Waals surface area contributed by atoms with Gasteiger partial charge in [-0.2, -0.15) is 18.3 Å². The highest BCUT2D eigenvalue weighted by Gasteiger charge is 2.34. The molecule has 28 heavy (non-hydrogen) atoms. The Morgan fingerprint density at radius 1 is 1.25 bits per heavy atom. The summed E-state index contributed by atoms with van der Waals surface area (Å²) in [5, 5.41) is 12.7. The predicted octanol–water partition coefficient (Wildman–Crippen LogP) is 2.60. The highest BCUT2D eigenvalue weighted by atomic mass is 19.4. The lowest BCUT2D eigenvalue weighted by Crippen LogP contribution is -2.46. The summed E-state index contributed by atoms with van der Waals surface area (Å²) in [6.07, 6.45) is -2.38. The van der Waals surface area contributed by atoms with E-state index in [9.17, 15) is 27.9 Å². The fraction of sp³-hybridized carbons (Fsp3) is 0.389. The fourth-order valence-electron chi connectivity index (χ4n) is 3.08. The Labute approximate surface area is 158 Å². The van der Waals surface area contributed by atoms with Gasteiger partial charge in [0.25, 0.3) is 5.91 Å². The van der Waals surface area contributed by atoms with Crippen LogP contribution in [0.25, 0.3) is 5.69 Å². The number of halogens is 3. The van der Waals surface area contributed by atoms with E-state index in [-0.39, 0.29) is 17.3 Å². The van der Waals surface area contributed by atoms with Crippen molar-refractivity contribution >= 4 is 11.9 Å². The van der Waals surface area contributed by atoms with Crippen molar-refractivity contribution in [3.63, 3.8) is 0 Å². The summed E-state index contributed by atoms with van der Waals surface area (Å²) in [4.78, 5) is 25.4. The van der Waals surface area contributed by atoms with Gasteiger partial charge < -0.3 is 14.7 Å². The van der Waals surface area contributed by atoms with E-state index in [1.54, 1.807) is 0 Å². The third kappa shape index (κ3) is 4.50. The van der Waals surface area contributed by atoms with Crippen LogP contribution in [0.4, 0.5) is 13.2 Å². The number of hydrogen-bond acceptors (Lipinski definition) is 4. The molecule has 10 heteroatoms. The van der Waals surface area contributed by atoms with E-state index < -0.39 is 30.3 Å². The van der Waals surface area contributed by atoms with Gasteiger partial charge in [0.15, 0.2) is 5.69 Å². The molecule has 0 unspecified atom stereocenters. The summed E-state index contributed by atoms with van der Waals surface area (Å²) >= 11 is 0. The highest BCUT2D eigenvalue weighted by Crippen LogP contribution is 2.28. The molecule has 1 aliphatic heterocycles. The van der Waals surface area contributed by atoms with E-state index in [0.717, 1.165) is 16.9 Å². The molecule has 0 atom stereocenters. The van der Waals surface area contributed by atoms with Gasteiger partial charge in [0.2, 0.25) is 0 Å². The van der Waals surface area contributed by atoms with E-state index in [1.807, 2.05) is 0 Å². The number of rotatable bonds is 5. The van der Waals surface area contributed by atoms with Crippen LogP contribution in [0.2, 0.25) is 0 Å². The highest BCUT2D eigenvalue weighted by molar-refractivity contribution is 5.96. The predicted molar refractivity (Wildman–Crippen MR) is 91.1 cm³/mol. The second kappa shape index (κ2) is 8.01. The number of carbonyl (C=O) groups excluding carboxylic acids is 1. The van der Waals surface area contributed by atoms with Gasteiger partial charge in [0.05, 0.1) is 5.69 Å². The Morgan fingerprint density at radius 3 is 2.57 bits per heavy atom. The second-order valence-corrected chi connectivity index (χ2v) is 6.36. The van der Waals surface area contributed by atoms with E-state index in [1.165, 1.54) is 29.2 Å². The molecular weight excluding hydrogens is 379 g/mol. The molecule has 1 amide bonds. The molecule has 1 aromatic heterocycles. The number of aliphatic carboxylic acids is 1. The minimum atomic E-state index is -4.57. The van der Waals surface area contributed by atoms with Crippen molar-refractivity contribution in [2.75, 3.05) is 19.8 Å². The van der Waals surface area contributed by atoms with Crippen molar-refractivity contribution in [1.82, 2.24) is 14.7 Å². The van der Waals surface area contributed by atoms with Crippen LogP contribution >= 0.6 is 0 Å². The Bertz CT molecular complexity index is 860. The van der Waals surface area contributed by atoms with E-state index >= 15 is 0 Å². The lowest BCUT2D eigenvalue weighted by atomic mass is 10.0. The lowest BCUT2D eigenvalue weighted by Gasteiger charge is -2.33. The number of benzene rings is 1. The first-order chi connectivity index (χ1) is 13.3. The third-order valence-corrected chi connectivity index (χ3v) is 4.44. The number of hydrogen-bond donors (Lipinski definition) is 1. The lowest BCUT2D eigenvalue weighted by molar-refractivity contribution is -0.141. The number of amides is 1. The van der Waals surface area contributed by atoms with Crippen LogP contribution in [0.1, 0.15) is 28.9 Å². The van der Waals surface area contributed by atoms with Crippen LogP contribution in [0.3, 0.4) is 0 Å². The van der Waals surface area contributed by atoms with E-state index in [2.05, 4.69) is 5.10 Å². The summed E-state index contributed by atoms with van der Waals surface area (Å²) in [5.41, 5.74) is -0.600. The first-order valence-corrected chi connectivity index (χ1v) is 8.59. The molecule has 1 fully saturated rings. The number of aromatic nitrogens is 2. The smallest absolute Gasteiger partial charge is 0.435 e. The average Bonchev–Trinajstić information content (AvgIpc) is 3.17. The van der Waals surface area contributed by atoms with Gasteiger partial charge in [-0.05, 0) is 37.1 Å². The molecule has 1 saturated heterocycles. The number of carbonyl (C=O) groups is 2. The molecule has 0 radical (unpaired) electrons. The molecule has 0 spiro atoms. The monoisotopic (exact) mass is 397 g/mol. The van der Waals surface area contributed by atoms with Gasteiger partial charge in [0.1, 0.15) is 6.54 Å². The zero-order valence-electron chi connectivity index (χ0n) is 14.7. The Hall–Kier alpha value is -2.88. The largest absolute Gasteiger partial charge is 0.480 e. The van der Waals surface area contributed by atoms with E-state index in [4.69, 9.17) is 4.74 Å². The summed E-state index contributed by atoms with van der Waals surface area (Å²) < 4.78 is 44.5. The molecule has 0 aliphatic carbocycles. The number of nitrogens with zero attached hydrogens (tertiary/aromatic N) is 3. The molecule has 0 bridgehead atoms. The maximum absolute atomic E-state index is 12.9. The summed E-state index contributed by atoms with van der Waals surface area (Å²) in [6.45, 7) is 0.400. The summed E-state index contributed by atoms with van der Waals surface area (Å²) in [7, 11) is 0. The number of ether oxygens (including phenoxy) is 1. The Balaban J connectivity index is 1.87. The van der Waals surface area contributed by atoms with Crippen LogP contribution in [0, 0.1) is 0 Å². The molecule has 1 aliphatic rings. The van der Waals surface area contributed by atoms with Crippen LogP contribution in [0.15, 0.2) is 36.5 Å². The van der Waals surface area contributed by atoms with Gasteiger partial charge in [-0.1, -0.05) is 6.07 Å². The molecule has 2 aromatic rings. The van der Waals surface area contributed by atoms with Crippen molar-refractivity contribution < 1.29 is 32.6 Å². The molecule has 2 heterocycles. The number of alkyl halides is 3. The average molecular weight is 397 g/mol. The Morgan fingerprint density at radius 2 is 1.96 bits per heavy atom. The van der Waals surface area contributed by atoms with E-state index in [0.29, 0.717) is 26.1 Å². The molecule has 1 N–H and O–H groups in total. The first kappa shape index (κ1) is 19.9. The maximum Gasteiger partial charge on any atom is 0.435 e. The molecule has 0 saturated carbocycles. The SMILES string of the molecule is O=C(O)CN(C(=O)c1cccc(-n2ccc(C(F)(F)F)n2)c1)C1CCOCC1. The third-order valence-electron chi connectivity index (χ3n) is 4.44. The molecule has 3 rings (SSSR count). The summed E-state index contributed by atoms with van der Waals surface area (Å²) in [5.74, 6) is -1.64. The zero-order chi connectivity index (χ0) is 20.3. The van der Waals surface area contributed by atoms with Gasteiger partial charge in [-0.25, -0.2) is 4.68 Å². The van der Waals surface area contributed by atoms with Gasteiger partial charge in [0, 0.05) is 31.0 Å². The zero-order valence-corrected chi connectivity index (χ0v) is 14.7. The maximum atomic E-state index is 12.9. The van der Waals surface area contributed by atoms with Gasteiger partial charge in [-0.15, -0.1) is 0 Å². The minimum absolute atomic E-state index is 0.175. The van der Waals surface area contributed by atoms with Crippen molar-refractivity contribution in [1.29, 1.82) is 0 Å². The standard InChI is InChI=1S/C18H18F3N3O4/c19-18(20,21)15-4-7-24(22-15)14-3-1-2-12(10-14)17(27)23(11-16(25)26)13-5-8-28-9-6-13/h1-4,7,10,13H,5-6,8-9,11H2,(H,25,26). The normalized spacial score (nSPS) is 15.4. The Kier molecular flexibility index (Phi) is 5.68. The first-order valence-electron chi connectivity index (χ1n) is 8.59. The van der Waals surface area contributed by atoms with Crippen LogP contribution in [-0.2, 0) is 15.7 Å². The van der Waals surface area contributed by atoms with Crippen LogP contribution in [-0.4, -0.2) is 57.5 Å². The van der Waals surface area contributed by atoms with Crippen molar-refractivity contribution in [2.24, 2.45) is 0 Å². The van der Waals surface area contributed by atoms with Crippen molar-refractivity contribution in [3.05, 3.63) is 47.8 Å². The fourth-order valence-corrected chi connectivity index (χ4v) is 3.08. The number of carboxylic acid groups (broad SMARTS) is 1. The van der Waals surface area contributed by atoms with Crippen LogP contribution < -0.4 is 0 Å². The minimum Gasteiger partial charge on any atom is -0.480 e. The molecular formula is C18H18F3N3O4. The van der Waals surface area contributed by atoms with Gasteiger partial charge >= 0.3 is 12.1 Å². The van der Waals surface area contributed by atoms with Crippen molar-refractivity contribution in [2.45, 2.75) is 25.1 Å². The van der Waals surface area contributed by atoms with Crippen LogP contribution in [0.5, 0.6) is 0 Å². The molecule has 1 aromatic carbocycles. The number of carboxylic acids is 1. The van der Waals surface area contributed by atoms with Crippen molar-refractivity contribution in [3.8, 4) is 5.69 Å². The van der Waals surface area contributed by atoms with Gasteiger partial charge in [-0.3, -0.25) is 9.59 Å². The second-order valence-electron chi connectivity index (χ2n) is 6.36. The molecule has 7 nitrogen and oxygen atoms in total. The molecule has 150 valence electrons. The quantitative estimate of drug-likeness (QED) is 0.839. The summed E-state index contributed by atoms with van der Waals surface area (Å²) in [6, 6.07) is 6.48.